The average Bonchev–Trinajstić information content (AvgIpc) is 2.37. The normalized spacial score (nSPS) is 9.68. The molecule has 0 saturated carbocycles. The lowest BCUT2D eigenvalue weighted by Crippen LogP contribution is -2.13. The standard InChI is InChI=1S/C15H9FN2O/c1-3-10-11(5-4-6-14(10)16)12-7-9(2)18-15(19)13(12)8-17/h1,4-7H,2H3,(H,18,19). The van der Waals surface area contributed by atoms with Crippen molar-refractivity contribution in [1.29, 1.82) is 5.26 Å². The van der Waals surface area contributed by atoms with Crippen molar-refractivity contribution < 1.29 is 4.39 Å². The van der Waals surface area contributed by atoms with Crippen molar-refractivity contribution in [2.45, 2.75) is 6.92 Å². The predicted octanol–water partition coefficient (Wildman–Crippen LogP) is 2.34. The Bertz CT molecular complexity index is 791. The van der Waals surface area contributed by atoms with Crippen molar-refractivity contribution in [2.24, 2.45) is 0 Å². The number of hydrogen-bond acceptors (Lipinski definition) is 2. The van der Waals surface area contributed by atoms with Gasteiger partial charge in [0.05, 0.1) is 5.56 Å². The van der Waals surface area contributed by atoms with E-state index in [1.165, 1.54) is 12.1 Å². The fourth-order valence-corrected chi connectivity index (χ4v) is 1.91. The first kappa shape index (κ1) is 12.6. The van der Waals surface area contributed by atoms with E-state index in [4.69, 9.17) is 11.7 Å². The van der Waals surface area contributed by atoms with E-state index in [9.17, 15) is 9.18 Å². The molecule has 0 spiro atoms. The number of nitrogens with zero attached hydrogens (tertiary/aromatic N) is 1. The Morgan fingerprint density at radius 3 is 2.68 bits per heavy atom. The fraction of sp³-hybridized carbons (Fsp3) is 0.0667. The molecule has 1 aromatic heterocycles. The van der Waals surface area contributed by atoms with Gasteiger partial charge in [-0.1, -0.05) is 18.1 Å². The van der Waals surface area contributed by atoms with Crippen molar-refractivity contribution in [3.8, 4) is 29.5 Å². The zero-order valence-corrected chi connectivity index (χ0v) is 10.1. The number of aryl methyl sites for hydroxylation is 1. The van der Waals surface area contributed by atoms with Gasteiger partial charge in [-0.3, -0.25) is 4.79 Å². The molecule has 0 aliphatic carbocycles. The first-order chi connectivity index (χ1) is 9.08. The molecule has 19 heavy (non-hydrogen) atoms. The van der Waals surface area contributed by atoms with Crippen molar-refractivity contribution in [1.82, 2.24) is 4.98 Å². The summed E-state index contributed by atoms with van der Waals surface area (Å²) in [6, 6.07) is 7.75. The molecule has 0 unspecified atom stereocenters. The summed E-state index contributed by atoms with van der Waals surface area (Å²) in [6.07, 6.45) is 5.30. The van der Waals surface area contributed by atoms with Gasteiger partial charge in [0.15, 0.2) is 0 Å². The van der Waals surface area contributed by atoms with Crippen LogP contribution in [0.25, 0.3) is 11.1 Å². The fourth-order valence-electron chi connectivity index (χ4n) is 1.91. The third-order valence-electron chi connectivity index (χ3n) is 2.73. The maximum absolute atomic E-state index is 13.7. The molecule has 4 heteroatoms. The number of halogens is 1. The van der Waals surface area contributed by atoms with Gasteiger partial charge in [0.25, 0.3) is 5.56 Å². The maximum Gasteiger partial charge on any atom is 0.266 e. The van der Waals surface area contributed by atoms with Crippen LogP contribution in [0.2, 0.25) is 0 Å². The minimum absolute atomic E-state index is 0.0454. The van der Waals surface area contributed by atoms with Crippen LogP contribution in [0.5, 0.6) is 0 Å². The lowest BCUT2D eigenvalue weighted by molar-refractivity contribution is 0.625. The molecule has 0 aliphatic rings. The summed E-state index contributed by atoms with van der Waals surface area (Å²) in [4.78, 5) is 14.3. The highest BCUT2D eigenvalue weighted by Gasteiger charge is 2.14. The van der Waals surface area contributed by atoms with E-state index >= 15 is 0 Å². The van der Waals surface area contributed by atoms with E-state index in [1.54, 1.807) is 19.1 Å². The van der Waals surface area contributed by atoms with Gasteiger partial charge < -0.3 is 4.98 Å². The Kier molecular flexibility index (Phi) is 3.18. The van der Waals surface area contributed by atoms with Crippen LogP contribution < -0.4 is 5.56 Å². The van der Waals surface area contributed by atoms with E-state index in [0.29, 0.717) is 16.8 Å². The van der Waals surface area contributed by atoms with Gasteiger partial charge in [-0.05, 0) is 19.1 Å². The molecule has 0 bridgehead atoms. The molecule has 2 aromatic rings. The van der Waals surface area contributed by atoms with Gasteiger partial charge in [-0.2, -0.15) is 5.26 Å². The molecule has 1 N–H and O–H groups in total. The van der Waals surface area contributed by atoms with Gasteiger partial charge >= 0.3 is 0 Å². The zero-order valence-electron chi connectivity index (χ0n) is 10.1. The molecular weight excluding hydrogens is 243 g/mol. The molecule has 92 valence electrons. The van der Waals surface area contributed by atoms with E-state index in [2.05, 4.69) is 10.9 Å². The lowest BCUT2D eigenvalue weighted by atomic mass is 9.96. The maximum atomic E-state index is 13.7. The highest BCUT2D eigenvalue weighted by atomic mass is 19.1. The third kappa shape index (κ3) is 2.12. The molecule has 0 saturated heterocycles. The number of terminal acetylenes is 1. The first-order valence-electron chi connectivity index (χ1n) is 5.48. The number of nitrogens with one attached hydrogen (secondary N) is 1. The van der Waals surface area contributed by atoms with Crippen LogP contribution in [0.4, 0.5) is 4.39 Å². The molecule has 0 atom stereocenters. The van der Waals surface area contributed by atoms with Crippen LogP contribution in [-0.4, -0.2) is 4.98 Å². The lowest BCUT2D eigenvalue weighted by Gasteiger charge is -2.08. The van der Waals surface area contributed by atoms with E-state index in [1.807, 2.05) is 6.07 Å². The van der Waals surface area contributed by atoms with Crippen molar-refractivity contribution in [3.63, 3.8) is 0 Å². The van der Waals surface area contributed by atoms with Gasteiger partial charge in [0.1, 0.15) is 17.4 Å². The Labute approximate surface area is 109 Å². The summed E-state index contributed by atoms with van der Waals surface area (Å²) >= 11 is 0. The number of pyridine rings is 1. The monoisotopic (exact) mass is 252 g/mol. The Morgan fingerprint density at radius 2 is 2.05 bits per heavy atom. The highest BCUT2D eigenvalue weighted by Crippen LogP contribution is 2.26. The summed E-state index contributed by atoms with van der Waals surface area (Å²) in [5.41, 5.74) is 0.747. The number of aromatic nitrogens is 1. The molecule has 0 fully saturated rings. The molecule has 0 amide bonds. The number of H-pyrrole nitrogens is 1. The molecular formula is C15H9FN2O. The van der Waals surface area contributed by atoms with Gasteiger partial charge in [-0.15, -0.1) is 6.42 Å². The smallest absolute Gasteiger partial charge is 0.266 e. The van der Waals surface area contributed by atoms with Gasteiger partial charge in [0, 0.05) is 16.8 Å². The topological polar surface area (TPSA) is 56.6 Å². The molecule has 1 aromatic carbocycles. The zero-order chi connectivity index (χ0) is 14.0. The number of rotatable bonds is 1. The van der Waals surface area contributed by atoms with Crippen molar-refractivity contribution in [2.75, 3.05) is 0 Å². The third-order valence-corrected chi connectivity index (χ3v) is 2.73. The van der Waals surface area contributed by atoms with Crippen LogP contribution in [0.1, 0.15) is 16.8 Å². The molecule has 0 radical (unpaired) electrons. The average molecular weight is 252 g/mol. The van der Waals surface area contributed by atoms with Crippen LogP contribution in [0, 0.1) is 36.4 Å². The minimum atomic E-state index is -0.554. The van der Waals surface area contributed by atoms with E-state index in [0.717, 1.165) is 0 Å². The summed E-state index contributed by atoms with van der Waals surface area (Å²) in [6.45, 7) is 1.68. The van der Waals surface area contributed by atoms with Crippen molar-refractivity contribution >= 4 is 0 Å². The molecule has 0 aliphatic heterocycles. The largest absolute Gasteiger partial charge is 0.325 e. The van der Waals surface area contributed by atoms with Crippen molar-refractivity contribution in [3.05, 3.63) is 57.3 Å². The summed E-state index contributed by atoms with van der Waals surface area (Å²) in [5, 5.41) is 9.07. The summed E-state index contributed by atoms with van der Waals surface area (Å²) in [5.74, 6) is 1.70. The second kappa shape index (κ2) is 4.80. The second-order valence-corrected chi connectivity index (χ2v) is 3.99. The van der Waals surface area contributed by atoms with E-state index in [-0.39, 0.29) is 11.1 Å². The predicted molar refractivity (Wildman–Crippen MR) is 69.8 cm³/mol. The Morgan fingerprint density at radius 1 is 1.32 bits per heavy atom. The summed E-state index contributed by atoms with van der Waals surface area (Å²) in [7, 11) is 0. The molecule has 3 nitrogen and oxygen atoms in total. The summed E-state index contributed by atoms with van der Waals surface area (Å²) < 4.78 is 13.7. The first-order valence-corrected chi connectivity index (χ1v) is 5.48. The van der Waals surface area contributed by atoms with Crippen LogP contribution >= 0.6 is 0 Å². The quantitative estimate of drug-likeness (QED) is 0.792. The molecule has 2 rings (SSSR count). The van der Waals surface area contributed by atoms with Crippen LogP contribution in [-0.2, 0) is 0 Å². The second-order valence-electron chi connectivity index (χ2n) is 3.99. The Hall–Kier alpha value is -2.85. The molecule has 1 heterocycles. The van der Waals surface area contributed by atoms with Crippen LogP contribution in [0.15, 0.2) is 29.1 Å². The number of nitriles is 1. The minimum Gasteiger partial charge on any atom is -0.325 e. The Balaban J connectivity index is 2.89. The van der Waals surface area contributed by atoms with Gasteiger partial charge in [-0.25, -0.2) is 4.39 Å². The number of benzene rings is 1. The number of aromatic amines is 1. The van der Waals surface area contributed by atoms with Crippen LogP contribution in [0.3, 0.4) is 0 Å². The SMILES string of the molecule is C#Cc1c(F)cccc1-c1cc(C)[nH]c(=O)c1C#N. The van der Waals surface area contributed by atoms with Gasteiger partial charge in [0.2, 0.25) is 0 Å². The number of hydrogen-bond donors (Lipinski definition) is 1. The van der Waals surface area contributed by atoms with E-state index < -0.39 is 11.4 Å². The highest BCUT2D eigenvalue weighted by molar-refractivity contribution is 5.76.